The zero-order chi connectivity index (χ0) is 35.6. The maximum Gasteiger partial charge on any atom is 0.414 e. The molecule has 3 aromatic rings. The minimum Gasteiger partial charge on any atom is -0.473 e. The van der Waals surface area contributed by atoms with Gasteiger partial charge in [-0.1, -0.05) is 60.6 Å². The van der Waals surface area contributed by atoms with E-state index < -0.39 is 65.6 Å². The number of aliphatic hydroxyl groups is 4. The Bertz CT molecular complexity index is 1670. The summed E-state index contributed by atoms with van der Waals surface area (Å²) < 4.78 is 16.9. The van der Waals surface area contributed by atoms with Crippen molar-refractivity contribution in [1.82, 2.24) is 9.88 Å². The molecule has 6 N–H and O–H groups in total. The second-order valence-electron chi connectivity index (χ2n) is 14.0. The van der Waals surface area contributed by atoms with E-state index in [1.807, 2.05) is 54.5 Å². The first kappa shape index (κ1) is 36.8. The first-order valence-electron chi connectivity index (χ1n) is 16.0. The number of nitrogens with one attached hydrogen (secondary N) is 2. The molecule has 1 saturated heterocycles. The Hall–Kier alpha value is -4.01. The number of carbonyl (C=O) groups excluding carboxylic acids is 2. The van der Waals surface area contributed by atoms with E-state index in [1.54, 1.807) is 30.3 Å². The fraction of sp³-hybridized carbons (Fsp3) is 0.514. The van der Waals surface area contributed by atoms with Crippen molar-refractivity contribution in [2.75, 3.05) is 25.2 Å². The highest BCUT2D eigenvalue weighted by atomic mass is 16.7. The van der Waals surface area contributed by atoms with Crippen LogP contribution in [0.4, 0.5) is 10.5 Å². The summed E-state index contributed by atoms with van der Waals surface area (Å²) in [6.45, 7) is 13.1. The van der Waals surface area contributed by atoms with Gasteiger partial charge >= 0.3 is 6.09 Å². The Labute approximate surface area is 279 Å². The van der Waals surface area contributed by atoms with E-state index in [-0.39, 0.29) is 18.8 Å². The number of aromatic nitrogens is 1. The molecule has 0 radical (unpaired) electrons. The maximum absolute atomic E-state index is 13.6. The largest absolute Gasteiger partial charge is 0.473 e. The number of benzene rings is 2. The van der Waals surface area contributed by atoms with Gasteiger partial charge in [0.1, 0.15) is 35.7 Å². The third-order valence-corrected chi connectivity index (χ3v) is 8.21. The highest BCUT2D eigenvalue weighted by molar-refractivity contribution is 6.06. The summed E-state index contributed by atoms with van der Waals surface area (Å²) in [6, 6.07) is 10.6. The van der Waals surface area contributed by atoms with E-state index >= 15 is 0 Å². The number of ether oxygens (including phenoxy) is 3. The van der Waals surface area contributed by atoms with Gasteiger partial charge in [0, 0.05) is 41.0 Å². The van der Waals surface area contributed by atoms with Gasteiger partial charge in [0.15, 0.2) is 6.73 Å². The predicted octanol–water partition coefficient (Wildman–Crippen LogP) is 3.36. The van der Waals surface area contributed by atoms with Crippen LogP contribution < -0.4 is 15.5 Å². The van der Waals surface area contributed by atoms with Crippen LogP contribution in [0, 0.1) is 0 Å². The zero-order valence-corrected chi connectivity index (χ0v) is 28.4. The molecule has 262 valence electrons. The van der Waals surface area contributed by atoms with Crippen molar-refractivity contribution >= 4 is 28.6 Å². The minimum absolute atomic E-state index is 0.0546. The number of carbonyl (C=O) groups is 2. The number of rotatable bonds is 9. The minimum atomic E-state index is -1.76. The van der Waals surface area contributed by atoms with Gasteiger partial charge in [-0.3, -0.25) is 14.5 Å². The van der Waals surface area contributed by atoms with Crippen LogP contribution in [-0.2, 0) is 20.3 Å². The Morgan fingerprint density at radius 2 is 1.65 bits per heavy atom. The first-order valence-corrected chi connectivity index (χ1v) is 16.0. The molecule has 2 heterocycles. The van der Waals surface area contributed by atoms with E-state index in [0.29, 0.717) is 28.8 Å². The lowest BCUT2D eigenvalue weighted by Crippen LogP contribution is -2.60. The smallest absolute Gasteiger partial charge is 0.414 e. The van der Waals surface area contributed by atoms with Gasteiger partial charge in [0.2, 0.25) is 11.7 Å². The Kier molecular flexibility index (Phi) is 11.2. The van der Waals surface area contributed by atoms with Crippen molar-refractivity contribution in [2.24, 2.45) is 0 Å². The van der Waals surface area contributed by atoms with Gasteiger partial charge in [-0.15, -0.1) is 0 Å². The van der Waals surface area contributed by atoms with E-state index in [9.17, 15) is 34.8 Å². The van der Waals surface area contributed by atoms with Gasteiger partial charge < -0.3 is 44.9 Å². The molecule has 0 saturated carbocycles. The Balaban J connectivity index is 1.65. The highest BCUT2D eigenvalue weighted by Gasteiger charge is 2.45. The first-order chi connectivity index (χ1) is 22.5. The molecule has 2 aromatic carbocycles. The molecule has 48 heavy (non-hydrogen) atoms. The normalized spacial score (nSPS) is 21.5. The molecule has 0 spiro atoms. The Morgan fingerprint density at radius 1 is 0.979 bits per heavy atom. The summed E-state index contributed by atoms with van der Waals surface area (Å²) in [4.78, 5) is 44.3. The standard InChI is InChI=1S/C35H47N3O10/c1-8-13-38(33(45)48-32-30(43)29(42)28(41)26(17-39)47-32)18-46-25-15-24(21(34(2,3)4)14-22(25)35(5,6)7)37-31(44)20-16-36-23-12-10-9-11-19(23)27(20)40/h9-12,14-16,26,28-30,32,39,41-43H,8,13,17-18H2,1-7H3,(H,36,40)(H,37,44)/t26-,28-,29+,30-,32+/m1/s1. The number of H-pyrrole nitrogens is 1. The summed E-state index contributed by atoms with van der Waals surface area (Å²) in [5, 5.41) is 43.3. The molecule has 1 fully saturated rings. The van der Waals surface area contributed by atoms with E-state index in [4.69, 9.17) is 14.2 Å². The second-order valence-corrected chi connectivity index (χ2v) is 14.0. The van der Waals surface area contributed by atoms with Crippen LogP contribution in [0.1, 0.15) is 76.4 Å². The molecule has 13 nitrogen and oxygen atoms in total. The molecule has 2 amide bonds. The van der Waals surface area contributed by atoms with E-state index in [2.05, 4.69) is 10.3 Å². The van der Waals surface area contributed by atoms with Crippen molar-refractivity contribution in [1.29, 1.82) is 0 Å². The summed E-state index contributed by atoms with van der Waals surface area (Å²) in [6.07, 6.45) is -6.97. The number of fused-ring (bicyclic) bond motifs is 1. The van der Waals surface area contributed by atoms with Crippen molar-refractivity contribution in [2.45, 2.75) is 96.4 Å². The van der Waals surface area contributed by atoms with Crippen molar-refractivity contribution in [3.63, 3.8) is 0 Å². The number of aromatic amines is 1. The number of hydrogen-bond acceptors (Lipinski definition) is 10. The van der Waals surface area contributed by atoms with E-state index in [1.165, 1.54) is 11.1 Å². The van der Waals surface area contributed by atoms with Gasteiger partial charge in [-0.2, -0.15) is 0 Å². The van der Waals surface area contributed by atoms with Crippen LogP contribution in [0.3, 0.4) is 0 Å². The average Bonchev–Trinajstić information content (AvgIpc) is 3.02. The summed E-state index contributed by atoms with van der Waals surface area (Å²) in [5.74, 6) is -0.224. The topological polar surface area (TPSA) is 191 Å². The van der Waals surface area contributed by atoms with Gasteiger partial charge in [0.05, 0.1) is 6.61 Å². The quantitative estimate of drug-likeness (QED) is 0.184. The summed E-state index contributed by atoms with van der Waals surface area (Å²) in [7, 11) is 0. The summed E-state index contributed by atoms with van der Waals surface area (Å²) in [5.41, 5.74) is 1.32. The number of anilines is 1. The fourth-order valence-corrected chi connectivity index (χ4v) is 5.50. The lowest BCUT2D eigenvalue weighted by atomic mass is 9.79. The number of amides is 2. The molecule has 0 bridgehead atoms. The van der Waals surface area contributed by atoms with Crippen LogP contribution in [0.25, 0.3) is 10.9 Å². The van der Waals surface area contributed by atoms with Crippen LogP contribution in [0.15, 0.2) is 47.4 Å². The molecule has 0 aliphatic carbocycles. The van der Waals surface area contributed by atoms with Gasteiger partial charge in [-0.05, 0) is 41.0 Å². The monoisotopic (exact) mass is 669 g/mol. The Morgan fingerprint density at radius 3 is 2.27 bits per heavy atom. The predicted molar refractivity (Wildman–Crippen MR) is 179 cm³/mol. The summed E-state index contributed by atoms with van der Waals surface area (Å²) >= 11 is 0. The molecular weight excluding hydrogens is 622 g/mol. The molecular formula is C35H47N3O10. The lowest BCUT2D eigenvalue weighted by Gasteiger charge is -2.39. The highest BCUT2D eigenvalue weighted by Crippen LogP contribution is 2.40. The van der Waals surface area contributed by atoms with Crippen LogP contribution in [0.5, 0.6) is 5.75 Å². The van der Waals surface area contributed by atoms with Crippen LogP contribution in [0.2, 0.25) is 0 Å². The third kappa shape index (κ3) is 7.99. The van der Waals surface area contributed by atoms with Gasteiger partial charge in [-0.25, -0.2) is 4.79 Å². The third-order valence-electron chi connectivity index (χ3n) is 8.21. The van der Waals surface area contributed by atoms with Crippen molar-refractivity contribution in [3.05, 3.63) is 69.5 Å². The number of nitrogens with zero attached hydrogens (tertiary/aromatic N) is 1. The molecule has 1 aliphatic rings. The van der Waals surface area contributed by atoms with E-state index in [0.717, 1.165) is 11.1 Å². The van der Waals surface area contributed by atoms with Crippen molar-refractivity contribution in [3.8, 4) is 5.75 Å². The number of pyridine rings is 1. The molecule has 1 aromatic heterocycles. The fourth-order valence-electron chi connectivity index (χ4n) is 5.50. The second kappa shape index (κ2) is 14.6. The SMILES string of the molecule is CCCN(COc1cc(NC(=O)c2c[nH]c3ccccc3c2=O)c(C(C)(C)C)cc1C(C)(C)C)C(=O)O[C@@H]1O[C@H](CO)[C@@H](O)[C@H](O)[C@H]1O. The lowest BCUT2D eigenvalue weighted by molar-refractivity contribution is -0.286. The number of aliphatic hydroxyl groups excluding tert-OH is 4. The van der Waals surface area contributed by atoms with Crippen LogP contribution in [-0.4, -0.2) is 92.9 Å². The molecule has 13 heteroatoms. The zero-order valence-electron chi connectivity index (χ0n) is 28.4. The molecule has 0 unspecified atom stereocenters. The maximum atomic E-state index is 13.6. The molecule has 1 aliphatic heterocycles. The number of para-hydroxylation sites is 1. The van der Waals surface area contributed by atoms with Crippen LogP contribution >= 0.6 is 0 Å². The average molecular weight is 670 g/mol. The van der Waals surface area contributed by atoms with Crippen molar-refractivity contribution < 1.29 is 44.2 Å². The molecule has 5 atom stereocenters. The van der Waals surface area contributed by atoms with Gasteiger partial charge in [0.25, 0.3) is 5.91 Å². The number of hydrogen-bond donors (Lipinski definition) is 6. The molecule has 4 rings (SSSR count).